The highest BCUT2D eigenvalue weighted by atomic mass is 79.9. The van der Waals surface area contributed by atoms with E-state index in [-0.39, 0.29) is 0 Å². The second-order valence-electron chi connectivity index (χ2n) is 4.42. The van der Waals surface area contributed by atoms with Crippen molar-refractivity contribution < 1.29 is 0 Å². The summed E-state index contributed by atoms with van der Waals surface area (Å²) in [5.74, 6) is 0.907. The van der Waals surface area contributed by atoms with Crippen LogP contribution in [0.3, 0.4) is 0 Å². The van der Waals surface area contributed by atoms with Gasteiger partial charge in [-0.15, -0.1) is 0 Å². The van der Waals surface area contributed by atoms with Crippen molar-refractivity contribution in [1.29, 1.82) is 0 Å². The average Bonchev–Trinajstić information content (AvgIpc) is 2.83. The van der Waals surface area contributed by atoms with Crippen molar-refractivity contribution in [3.8, 4) is 0 Å². The summed E-state index contributed by atoms with van der Waals surface area (Å²) >= 11 is 9.36. The zero-order valence-corrected chi connectivity index (χ0v) is 13.1. The normalized spacial score (nSPS) is 19.8. The SMILES string of the molecule is CCN(CC)C1CCN(c2nc(Cl)ncc2Br)C1. The zero-order chi connectivity index (χ0) is 13.1. The Hall–Kier alpha value is -0.390. The van der Waals surface area contributed by atoms with Crippen LogP contribution < -0.4 is 4.90 Å². The number of nitrogens with zero attached hydrogens (tertiary/aromatic N) is 4. The Morgan fingerprint density at radius 3 is 2.89 bits per heavy atom. The minimum atomic E-state index is 0.305. The molecule has 100 valence electrons. The summed E-state index contributed by atoms with van der Waals surface area (Å²) < 4.78 is 0.909. The fraction of sp³-hybridized carbons (Fsp3) is 0.667. The molecule has 6 heteroatoms. The number of aromatic nitrogens is 2. The molecule has 0 N–H and O–H groups in total. The van der Waals surface area contributed by atoms with Crippen molar-refractivity contribution in [2.24, 2.45) is 0 Å². The lowest BCUT2D eigenvalue weighted by Gasteiger charge is -2.26. The molecule has 1 atom stereocenters. The molecular weight excluding hydrogens is 316 g/mol. The maximum atomic E-state index is 5.87. The summed E-state index contributed by atoms with van der Waals surface area (Å²) in [5, 5.41) is 0.305. The number of rotatable bonds is 4. The van der Waals surface area contributed by atoms with Crippen molar-refractivity contribution in [2.45, 2.75) is 26.3 Å². The second kappa shape index (κ2) is 6.17. The molecule has 2 rings (SSSR count). The fourth-order valence-electron chi connectivity index (χ4n) is 2.53. The molecule has 18 heavy (non-hydrogen) atoms. The number of likely N-dealkylation sites (N-methyl/N-ethyl adjacent to an activating group) is 1. The number of anilines is 1. The maximum Gasteiger partial charge on any atom is 0.224 e. The predicted molar refractivity (Wildman–Crippen MR) is 78.3 cm³/mol. The average molecular weight is 334 g/mol. The van der Waals surface area contributed by atoms with Crippen molar-refractivity contribution in [1.82, 2.24) is 14.9 Å². The van der Waals surface area contributed by atoms with Gasteiger partial charge < -0.3 is 4.90 Å². The van der Waals surface area contributed by atoms with E-state index in [1.807, 2.05) is 0 Å². The highest BCUT2D eigenvalue weighted by Gasteiger charge is 2.28. The summed E-state index contributed by atoms with van der Waals surface area (Å²) in [6.07, 6.45) is 2.89. The Morgan fingerprint density at radius 1 is 1.50 bits per heavy atom. The summed E-state index contributed by atoms with van der Waals surface area (Å²) in [5.41, 5.74) is 0. The topological polar surface area (TPSA) is 32.3 Å². The molecule has 1 aromatic heterocycles. The highest BCUT2D eigenvalue weighted by Crippen LogP contribution is 2.28. The molecule has 2 heterocycles. The quantitative estimate of drug-likeness (QED) is 0.793. The van der Waals surface area contributed by atoms with Crippen LogP contribution in [0.4, 0.5) is 5.82 Å². The van der Waals surface area contributed by atoms with Gasteiger partial charge in [-0.2, -0.15) is 4.98 Å². The highest BCUT2D eigenvalue weighted by molar-refractivity contribution is 9.10. The van der Waals surface area contributed by atoms with Gasteiger partial charge in [0.1, 0.15) is 5.82 Å². The monoisotopic (exact) mass is 332 g/mol. The third-order valence-electron chi connectivity index (χ3n) is 3.49. The van der Waals surface area contributed by atoms with Crippen molar-refractivity contribution in [3.63, 3.8) is 0 Å². The third-order valence-corrected chi connectivity index (χ3v) is 4.23. The van der Waals surface area contributed by atoms with Crippen LogP contribution in [0.2, 0.25) is 5.28 Å². The molecule has 1 aromatic rings. The molecule has 0 bridgehead atoms. The molecule has 0 saturated carbocycles. The molecule has 0 spiro atoms. The number of hydrogen-bond donors (Lipinski definition) is 0. The van der Waals surface area contributed by atoms with Crippen molar-refractivity contribution in [2.75, 3.05) is 31.1 Å². The lowest BCUT2D eigenvalue weighted by Crippen LogP contribution is -2.37. The van der Waals surface area contributed by atoms with E-state index < -0.39 is 0 Å². The van der Waals surface area contributed by atoms with E-state index in [2.05, 4.69) is 49.5 Å². The predicted octanol–water partition coefficient (Wildman–Crippen LogP) is 2.81. The van der Waals surface area contributed by atoms with Crippen LogP contribution in [0.25, 0.3) is 0 Å². The van der Waals surface area contributed by atoms with E-state index in [0.717, 1.165) is 36.5 Å². The molecule has 0 radical (unpaired) electrons. The van der Waals surface area contributed by atoms with Gasteiger partial charge in [-0.1, -0.05) is 13.8 Å². The number of hydrogen-bond acceptors (Lipinski definition) is 4. The smallest absolute Gasteiger partial charge is 0.224 e. The van der Waals surface area contributed by atoms with E-state index in [0.29, 0.717) is 11.3 Å². The van der Waals surface area contributed by atoms with Crippen LogP contribution >= 0.6 is 27.5 Å². The standard InChI is InChI=1S/C12H18BrClN4/c1-3-17(4-2)9-5-6-18(8-9)11-10(13)7-15-12(14)16-11/h7,9H,3-6,8H2,1-2H3. The Bertz CT molecular complexity index is 411. The summed E-state index contributed by atoms with van der Waals surface area (Å²) in [4.78, 5) is 13.1. The van der Waals surface area contributed by atoms with Crippen LogP contribution in [-0.2, 0) is 0 Å². The fourth-order valence-corrected chi connectivity index (χ4v) is 3.10. The Morgan fingerprint density at radius 2 is 2.22 bits per heavy atom. The molecular formula is C12H18BrClN4. The summed E-state index contributed by atoms with van der Waals surface area (Å²) in [6, 6.07) is 0.612. The summed E-state index contributed by atoms with van der Waals surface area (Å²) in [6.45, 7) is 8.65. The van der Waals surface area contributed by atoms with Crippen LogP contribution in [-0.4, -0.2) is 47.1 Å². The van der Waals surface area contributed by atoms with Crippen LogP contribution in [0.1, 0.15) is 20.3 Å². The molecule has 1 aliphatic heterocycles. The second-order valence-corrected chi connectivity index (χ2v) is 5.61. The largest absolute Gasteiger partial charge is 0.354 e. The van der Waals surface area contributed by atoms with Gasteiger partial charge in [-0.05, 0) is 47.0 Å². The zero-order valence-electron chi connectivity index (χ0n) is 10.7. The van der Waals surface area contributed by atoms with E-state index in [9.17, 15) is 0 Å². The van der Waals surface area contributed by atoms with E-state index >= 15 is 0 Å². The molecule has 0 amide bonds. The van der Waals surface area contributed by atoms with Crippen molar-refractivity contribution >= 4 is 33.3 Å². The van der Waals surface area contributed by atoms with Crippen LogP contribution in [0, 0.1) is 0 Å². The van der Waals surface area contributed by atoms with Crippen LogP contribution in [0.5, 0.6) is 0 Å². The Labute approximate surface area is 121 Å². The molecule has 1 aliphatic rings. The molecule has 1 unspecified atom stereocenters. The minimum Gasteiger partial charge on any atom is -0.354 e. The maximum absolute atomic E-state index is 5.87. The Balaban J connectivity index is 2.10. The molecule has 0 aliphatic carbocycles. The minimum absolute atomic E-state index is 0.305. The molecule has 4 nitrogen and oxygen atoms in total. The first kappa shape index (κ1) is 14.0. The van der Waals surface area contributed by atoms with Gasteiger partial charge in [0.25, 0.3) is 0 Å². The van der Waals surface area contributed by atoms with Gasteiger partial charge in [-0.3, -0.25) is 4.90 Å². The van der Waals surface area contributed by atoms with Gasteiger partial charge in [0.05, 0.1) is 4.47 Å². The lowest BCUT2D eigenvalue weighted by molar-refractivity contribution is 0.232. The van der Waals surface area contributed by atoms with Gasteiger partial charge in [-0.25, -0.2) is 4.98 Å². The Kier molecular flexibility index (Phi) is 4.81. The lowest BCUT2D eigenvalue weighted by atomic mass is 10.2. The van der Waals surface area contributed by atoms with E-state index in [4.69, 9.17) is 11.6 Å². The van der Waals surface area contributed by atoms with Gasteiger partial charge >= 0.3 is 0 Å². The van der Waals surface area contributed by atoms with E-state index in [1.165, 1.54) is 6.42 Å². The molecule has 1 saturated heterocycles. The van der Waals surface area contributed by atoms with Gasteiger partial charge in [0.15, 0.2) is 0 Å². The first-order valence-electron chi connectivity index (χ1n) is 6.32. The first-order valence-corrected chi connectivity index (χ1v) is 7.49. The van der Waals surface area contributed by atoms with Gasteiger partial charge in [0.2, 0.25) is 5.28 Å². The molecule has 0 aromatic carbocycles. The van der Waals surface area contributed by atoms with Crippen molar-refractivity contribution in [3.05, 3.63) is 16.0 Å². The number of halogens is 2. The third kappa shape index (κ3) is 2.95. The van der Waals surface area contributed by atoms with Gasteiger partial charge in [0, 0.05) is 25.3 Å². The summed E-state index contributed by atoms with van der Waals surface area (Å²) in [7, 11) is 0. The van der Waals surface area contributed by atoms with Crippen LogP contribution in [0.15, 0.2) is 10.7 Å². The molecule has 1 fully saturated rings. The van der Waals surface area contributed by atoms with E-state index in [1.54, 1.807) is 6.20 Å². The first-order chi connectivity index (χ1) is 8.65.